The second kappa shape index (κ2) is 4.39. The van der Waals surface area contributed by atoms with Gasteiger partial charge in [0.25, 0.3) is 0 Å². The molecular weight excluding hydrogens is 245 g/mol. The van der Waals surface area contributed by atoms with Crippen molar-refractivity contribution in [3.8, 4) is 11.5 Å². The predicted octanol–water partition coefficient (Wildman–Crippen LogP) is 3.54. The number of halogens is 1. The zero-order valence-electron chi connectivity index (χ0n) is 10.6. The van der Waals surface area contributed by atoms with Crippen molar-refractivity contribution in [3.05, 3.63) is 42.2 Å². The third-order valence-electron chi connectivity index (χ3n) is 3.08. The Hall–Kier alpha value is -2.36. The van der Waals surface area contributed by atoms with Gasteiger partial charge in [0.1, 0.15) is 17.3 Å². The largest absolute Gasteiger partial charge is 0.497 e. The molecule has 19 heavy (non-hydrogen) atoms. The second-order valence-corrected chi connectivity index (χ2v) is 4.22. The Balaban J connectivity index is 2.39. The summed E-state index contributed by atoms with van der Waals surface area (Å²) in [6.07, 6.45) is 0. The van der Waals surface area contributed by atoms with Crippen LogP contribution in [0.25, 0.3) is 21.8 Å². The van der Waals surface area contributed by atoms with Crippen molar-refractivity contribution in [3.63, 3.8) is 0 Å². The van der Waals surface area contributed by atoms with E-state index in [0.717, 1.165) is 10.8 Å². The Morgan fingerprint density at radius 1 is 0.947 bits per heavy atom. The minimum Gasteiger partial charge on any atom is -0.497 e. The number of nitrogens with zero attached hydrogens (tertiary/aromatic N) is 1. The van der Waals surface area contributed by atoms with Crippen LogP contribution in [-0.4, -0.2) is 19.2 Å². The molecule has 0 unspecified atom stereocenters. The highest BCUT2D eigenvalue weighted by Crippen LogP contribution is 2.32. The summed E-state index contributed by atoms with van der Waals surface area (Å²) in [6, 6.07) is 10.1. The SMILES string of the molecule is COc1cc(OC)c2cc3ccc(F)cc3nc2c1. The summed E-state index contributed by atoms with van der Waals surface area (Å²) in [5.41, 5.74) is 1.33. The molecule has 3 nitrogen and oxygen atoms in total. The first-order valence-corrected chi connectivity index (χ1v) is 5.83. The highest BCUT2D eigenvalue weighted by atomic mass is 19.1. The highest BCUT2D eigenvalue weighted by molar-refractivity contribution is 5.96. The maximum Gasteiger partial charge on any atom is 0.131 e. The summed E-state index contributed by atoms with van der Waals surface area (Å²) in [7, 11) is 3.18. The third kappa shape index (κ3) is 1.95. The fourth-order valence-corrected chi connectivity index (χ4v) is 2.13. The molecule has 0 saturated carbocycles. The molecule has 0 bridgehead atoms. The van der Waals surface area contributed by atoms with Gasteiger partial charge in [-0.3, -0.25) is 0 Å². The number of hydrogen-bond acceptors (Lipinski definition) is 3. The Morgan fingerprint density at radius 3 is 2.53 bits per heavy atom. The van der Waals surface area contributed by atoms with Crippen molar-refractivity contribution in [2.24, 2.45) is 0 Å². The zero-order chi connectivity index (χ0) is 13.4. The van der Waals surface area contributed by atoms with E-state index in [1.807, 2.05) is 12.1 Å². The minimum absolute atomic E-state index is 0.297. The zero-order valence-corrected chi connectivity index (χ0v) is 10.6. The van der Waals surface area contributed by atoms with E-state index in [4.69, 9.17) is 9.47 Å². The molecule has 1 aromatic heterocycles. The van der Waals surface area contributed by atoms with E-state index in [0.29, 0.717) is 22.5 Å². The Bertz CT molecular complexity index is 771. The third-order valence-corrected chi connectivity index (χ3v) is 3.08. The normalized spacial score (nSPS) is 10.9. The molecule has 0 aliphatic rings. The van der Waals surface area contributed by atoms with Crippen molar-refractivity contribution in [1.82, 2.24) is 4.98 Å². The van der Waals surface area contributed by atoms with Gasteiger partial charge in [-0.15, -0.1) is 0 Å². The van der Waals surface area contributed by atoms with Gasteiger partial charge in [-0.05, 0) is 18.2 Å². The minimum atomic E-state index is -0.297. The lowest BCUT2D eigenvalue weighted by molar-refractivity contribution is 0.398. The summed E-state index contributed by atoms with van der Waals surface area (Å²) in [5.74, 6) is 1.05. The smallest absolute Gasteiger partial charge is 0.131 e. The van der Waals surface area contributed by atoms with Crippen LogP contribution in [0.15, 0.2) is 36.4 Å². The van der Waals surface area contributed by atoms with Crippen LogP contribution in [0.4, 0.5) is 4.39 Å². The number of ether oxygens (including phenoxy) is 2. The molecule has 0 fully saturated rings. The number of pyridine rings is 1. The average Bonchev–Trinajstić information content (AvgIpc) is 2.43. The van der Waals surface area contributed by atoms with E-state index in [1.54, 1.807) is 26.4 Å². The van der Waals surface area contributed by atoms with Crippen LogP contribution in [0.3, 0.4) is 0 Å². The molecule has 0 spiro atoms. The molecular formula is C15H12FNO2. The summed E-state index contributed by atoms with van der Waals surface area (Å²) in [4.78, 5) is 4.46. The fourth-order valence-electron chi connectivity index (χ4n) is 2.13. The number of methoxy groups -OCH3 is 2. The van der Waals surface area contributed by atoms with Crippen LogP contribution in [0, 0.1) is 5.82 Å². The second-order valence-electron chi connectivity index (χ2n) is 4.22. The lowest BCUT2D eigenvalue weighted by Crippen LogP contribution is -1.91. The Labute approximate surface area is 109 Å². The molecule has 4 heteroatoms. The fraction of sp³-hybridized carbons (Fsp3) is 0.133. The topological polar surface area (TPSA) is 31.4 Å². The van der Waals surface area contributed by atoms with E-state index in [-0.39, 0.29) is 5.82 Å². The standard InChI is InChI=1S/C15H12FNO2/c1-18-11-7-14-12(15(8-11)19-2)5-9-3-4-10(16)6-13(9)17-14/h3-8H,1-2H3. The molecule has 1 heterocycles. The summed E-state index contributed by atoms with van der Waals surface area (Å²) in [5, 5.41) is 1.75. The van der Waals surface area contributed by atoms with Gasteiger partial charge in [-0.2, -0.15) is 0 Å². The molecule has 0 radical (unpaired) electrons. The van der Waals surface area contributed by atoms with E-state index in [1.165, 1.54) is 12.1 Å². The van der Waals surface area contributed by atoms with Crippen LogP contribution < -0.4 is 9.47 Å². The summed E-state index contributed by atoms with van der Waals surface area (Å²) < 4.78 is 23.8. The van der Waals surface area contributed by atoms with Crippen LogP contribution in [0.2, 0.25) is 0 Å². The van der Waals surface area contributed by atoms with Gasteiger partial charge in [0, 0.05) is 29.0 Å². The maximum atomic E-state index is 13.2. The van der Waals surface area contributed by atoms with Crippen LogP contribution >= 0.6 is 0 Å². The van der Waals surface area contributed by atoms with Crippen LogP contribution in [0.5, 0.6) is 11.5 Å². The molecule has 3 rings (SSSR count). The van der Waals surface area contributed by atoms with Crippen molar-refractivity contribution >= 4 is 21.8 Å². The highest BCUT2D eigenvalue weighted by Gasteiger charge is 2.08. The van der Waals surface area contributed by atoms with Gasteiger partial charge in [0.05, 0.1) is 25.3 Å². The number of fused-ring (bicyclic) bond motifs is 2. The molecule has 0 aliphatic carbocycles. The van der Waals surface area contributed by atoms with Crippen molar-refractivity contribution in [1.29, 1.82) is 0 Å². The number of rotatable bonds is 2. The lowest BCUT2D eigenvalue weighted by Gasteiger charge is -2.09. The molecule has 2 aromatic carbocycles. The Morgan fingerprint density at radius 2 is 1.79 bits per heavy atom. The van der Waals surface area contributed by atoms with Gasteiger partial charge in [-0.25, -0.2) is 9.37 Å². The number of benzene rings is 2. The lowest BCUT2D eigenvalue weighted by atomic mass is 10.1. The number of hydrogen-bond donors (Lipinski definition) is 0. The molecule has 96 valence electrons. The van der Waals surface area contributed by atoms with E-state index in [2.05, 4.69) is 4.98 Å². The average molecular weight is 257 g/mol. The van der Waals surface area contributed by atoms with E-state index >= 15 is 0 Å². The monoisotopic (exact) mass is 257 g/mol. The van der Waals surface area contributed by atoms with Crippen molar-refractivity contribution in [2.75, 3.05) is 14.2 Å². The predicted molar refractivity (Wildman–Crippen MR) is 72.3 cm³/mol. The van der Waals surface area contributed by atoms with Crippen molar-refractivity contribution in [2.45, 2.75) is 0 Å². The van der Waals surface area contributed by atoms with Gasteiger partial charge < -0.3 is 9.47 Å². The van der Waals surface area contributed by atoms with Crippen molar-refractivity contribution < 1.29 is 13.9 Å². The Kier molecular flexibility index (Phi) is 2.71. The van der Waals surface area contributed by atoms with Gasteiger partial charge >= 0.3 is 0 Å². The first-order valence-electron chi connectivity index (χ1n) is 5.83. The van der Waals surface area contributed by atoms with Gasteiger partial charge in [-0.1, -0.05) is 0 Å². The van der Waals surface area contributed by atoms with Crippen LogP contribution in [0.1, 0.15) is 0 Å². The molecule has 0 aliphatic heterocycles. The molecule has 0 atom stereocenters. The molecule has 0 N–H and O–H groups in total. The quantitative estimate of drug-likeness (QED) is 0.658. The maximum absolute atomic E-state index is 13.2. The summed E-state index contributed by atoms with van der Waals surface area (Å²) >= 11 is 0. The van der Waals surface area contributed by atoms with Crippen LogP contribution in [-0.2, 0) is 0 Å². The molecule has 0 saturated heterocycles. The van der Waals surface area contributed by atoms with E-state index < -0.39 is 0 Å². The number of aromatic nitrogens is 1. The first-order chi connectivity index (χ1) is 9.21. The van der Waals surface area contributed by atoms with E-state index in [9.17, 15) is 4.39 Å². The molecule has 3 aromatic rings. The van der Waals surface area contributed by atoms with Gasteiger partial charge in [0.2, 0.25) is 0 Å². The van der Waals surface area contributed by atoms with Gasteiger partial charge in [0.15, 0.2) is 0 Å². The molecule has 0 amide bonds. The summed E-state index contributed by atoms with van der Waals surface area (Å²) in [6.45, 7) is 0. The first kappa shape index (κ1) is 11.7.